The summed E-state index contributed by atoms with van der Waals surface area (Å²) >= 11 is 0. The van der Waals surface area contributed by atoms with Crippen molar-refractivity contribution in [2.45, 2.75) is 0 Å². The summed E-state index contributed by atoms with van der Waals surface area (Å²) < 4.78 is 5.21. The van der Waals surface area contributed by atoms with Crippen molar-refractivity contribution < 1.29 is 14.3 Å². The van der Waals surface area contributed by atoms with Crippen LogP contribution in [0.4, 0.5) is 0 Å². The number of hydrogen-bond donors (Lipinski definition) is 2. The van der Waals surface area contributed by atoms with Crippen LogP contribution < -0.4 is 15.8 Å². The van der Waals surface area contributed by atoms with E-state index in [1.54, 1.807) is 30.3 Å². The van der Waals surface area contributed by atoms with Crippen molar-refractivity contribution in [3.63, 3.8) is 0 Å². The van der Waals surface area contributed by atoms with Crippen LogP contribution >= 0.6 is 0 Å². The molecule has 90 valence electrons. The van der Waals surface area contributed by atoms with Gasteiger partial charge in [0, 0.05) is 6.54 Å². The Balaban J connectivity index is 2.60. The second kappa shape index (κ2) is 6.32. The molecule has 3 N–H and O–H groups in total. The van der Waals surface area contributed by atoms with Crippen LogP contribution in [0.5, 0.6) is 5.75 Å². The Hall–Kier alpha value is -2.30. The predicted octanol–water partition coefficient (Wildman–Crippen LogP) is 0.467. The highest BCUT2D eigenvalue weighted by Crippen LogP contribution is 2.16. The lowest BCUT2D eigenvalue weighted by atomic mass is 10.2. The molecule has 2 amide bonds. The van der Waals surface area contributed by atoms with Crippen LogP contribution in [0.15, 0.2) is 36.9 Å². The van der Waals surface area contributed by atoms with Gasteiger partial charge in [-0.3, -0.25) is 9.59 Å². The first-order valence-electron chi connectivity index (χ1n) is 5.04. The monoisotopic (exact) mass is 234 g/mol. The average molecular weight is 234 g/mol. The van der Waals surface area contributed by atoms with E-state index in [2.05, 4.69) is 11.9 Å². The number of amides is 2. The van der Waals surface area contributed by atoms with E-state index < -0.39 is 5.91 Å². The smallest absolute Gasteiger partial charge is 0.258 e. The Morgan fingerprint density at radius 2 is 2.12 bits per heavy atom. The summed E-state index contributed by atoms with van der Waals surface area (Å²) in [6.45, 7) is 3.68. The van der Waals surface area contributed by atoms with E-state index in [4.69, 9.17) is 10.5 Å². The molecule has 5 nitrogen and oxygen atoms in total. The molecule has 0 aliphatic carbocycles. The Labute approximate surface area is 99.3 Å². The predicted molar refractivity (Wildman–Crippen MR) is 63.7 cm³/mol. The van der Waals surface area contributed by atoms with Crippen LogP contribution in [0, 0.1) is 0 Å². The molecule has 17 heavy (non-hydrogen) atoms. The fourth-order valence-electron chi connectivity index (χ4n) is 1.18. The maximum Gasteiger partial charge on any atom is 0.258 e. The number of benzene rings is 1. The zero-order valence-electron chi connectivity index (χ0n) is 9.31. The number of primary amides is 1. The standard InChI is InChI=1S/C12H14N2O3/c1-2-7-14-11(15)8-17-10-6-4-3-5-9(10)12(13)16/h2-6H,1,7-8H2,(H2,13,16)(H,14,15). The third-order valence-electron chi connectivity index (χ3n) is 1.95. The fourth-order valence-corrected chi connectivity index (χ4v) is 1.18. The molecular formula is C12H14N2O3. The highest BCUT2D eigenvalue weighted by molar-refractivity contribution is 5.95. The normalized spacial score (nSPS) is 9.41. The van der Waals surface area contributed by atoms with Crippen molar-refractivity contribution in [1.29, 1.82) is 0 Å². The number of nitrogens with two attached hydrogens (primary N) is 1. The molecule has 1 aromatic rings. The Bertz CT molecular complexity index is 430. The topological polar surface area (TPSA) is 81.4 Å². The molecule has 0 heterocycles. The van der Waals surface area contributed by atoms with Crippen LogP contribution in [-0.4, -0.2) is 25.0 Å². The molecule has 0 aromatic heterocycles. The van der Waals surface area contributed by atoms with Gasteiger partial charge in [0.05, 0.1) is 5.56 Å². The van der Waals surface area contributed by atoms with E-state index in [0.717, 1.165) is 0 Å². The molecule has 0 radical (unpaired) electrons. The second-order valence-electron chi connectivity index (χ2n) is 3.24. The lowest BCUT2D eigenvalue weighted by molar-refractivity contribution is -0.122. The van der Waals surface area contributed by atoms with Gasteiger partial charge < -0.3 is 15.8 Å². The molecular weight excluding hydrogens is 220 g/mol. The molecule has 0 spiro atoms. The molecule has 0 aliphatic heterocycles. The zero-order valence-corrected chi connectivity index (χ0v) is 9.31. The van der Waals surface area contributed by atoms with Gasteiger partial charge in [-0.1, -0.05) is 18.2 Å². The van der Waals surface area contributed by atoms with Gasteiger partial charge in [-0.15, -0.1) is 6.58 Å². The van der Waals surface area contributed by atoms with Crippen molar-refractivity contribution in [1.82, 2.24) is 5.32 Å². The van der Waals surface area contributed by atoms with Crippen molar-refractivity contribution >= 4 is 11.8 Å². The van der Waals surface area contributed by atoms with E-state index in [0.29, 0.717) is 12.3 Å². The Morgan fingerprint density at radius 3 is 2.76 bits per heavy atom. The molecule has 0 aliphatic rings. The zero-order chi connectivity index (χ0) is 12.7. The number of ether oxygens (including phenoxy) is 1. The third-order valence-corrected chi connectivity index (χ3v) is 1.95. The first-order chi connectivity index (χ1) is 8.15. The van der Waals surface area contributed by atoms with Crippen molar-refractivity contribution in [2.75, 3.05) is 13.2 Å². The molecule has 0 atom stereocenters. The van der Waals surface area contributed by atoms with Crippen molar-refractivity contribution in [3.8, 4) is 5.75 Å². The number of rotatable bonds is 6. The summed E-state index contributed by atoms with van der Waals surface area (Å²) in [5.74, 6) is -0.579. The lowest BCUT2D eigenvalue weighted by Crippen LogP contribution is -2.29. The number of nitrogens with one attached hydrogen (secondary N) is 1. The van der Waals surface area contributed by atoms with Gasteiger partial charge in [-0.05, 0) is 12.1 Å². The van der Waals surface area contributed by atoms with E-state index in [1.165, 1.54) is 0 Å². The molecule has 0 bridgehead atoms. The summed E-state index contributed by atoms with van der Waals surface area (Å²) in [6.07, 6.45) is 1.56. The quantitative estimate of drug-likeness (QED) is 0.702. The van der Waals surface area contributed by atoms with Crippen LogP contribution in [0.3, 0.4) is 0 Å². The third kappa shape index (κ3) is 3.98. The van der Waals surface area contributed by atoms with E-state index >= 15 is 0 Å². The fraction of sp³-hybridized carbons (Fsp3) is 0.167. The molecule has 0 saturated carbocycles. The minimum atomic E-state index is -0.591. The maximum absolute atomic E-state index is 11.3. The Kier molecular flexibility index (Phi) is 4.75. The van der Waals surface area contributed by atoms with E-state index in [-0.39, 0.29) is 18.1 Å². The summed E-state index contributed by atoms with van der Waals surface area (Å²) in [7, 11) is 0. The van der Waals surface area contributed by atoms with Gasteiger partial charge in [0.2, 0.25) is 0 Å². The van der Waals surface area contributed by atoms with Gasteiger partial charge in [-0.2, -0.15) is 0 Å². The molecule has 0 unspecified atom stereocenters. The van der Waals surface area contributed by atoms with Gasteiger partial charge in [0.15, 0.2) is 6.61 Å². The number of hydrogen-bond acceptors (Lipinski definition) is 3. The average Bonchev–Trinajstić information content (AvgIpc) is 2.34. The van der Waals surface area contributed by atoms with Crippen LogP contribution in [0.2, 0.25) is 0 Å². The summed E-state index contributed by atoms with van der Waals surface area (Å²) in [5, 5.41) is 2.55. The molecule has 0 saturated heterocycles. The number of carbonyl (C=O) groups excluding carboxylic acids is 2. The van der Waals surface area contributed by atoms with Gasteiger partial charge in [-0.25, -0.2) is 0 Å². The maximum atomic E-state index is 11.3. The largest absolute Gasteiger partial charge is 0.483 e. The molecule has 5 heteroatoms. The highest BCUT2D eigenvalue weighted by atomic mass is 16.5. The van der Waals surface area contributed by atoms with E-state index in [9.17, 15) is 9.59 Å². The van der Waals surface area contributed by atoms with Gasteiger partial charge in [0.1, 0.15) is 5.75 Å². The van der Waals surface area contributed by atoms with Crippen molar-refractivity contribution in [2.24, 2.45) is 5.73 Å². The Morgan fingerprint density at radius 1 is 1.41 bits per heavy atom. The SMILES string of the molecule is C=CCNC(=O)COc1ccccc1C(N)=O. The van der Waals surface area contributed by atoms with Gasteiger partial charge in [0.25, 0.3) is 11.8 Å². The van der Waals surface area contributed by atoms with Crippen LogP contribution in [0.25, 0.3) is 0 Å². The minimum Gasteiger partial charge on any atom is -0.483 e. The van der Waals surface area contributed by atoms with Crippen LogP contribution in [0.1, 0.15) is 10.4 Å². The first-order valence-corrected chi connectivity index (χ1v) is 5.04. The number of para-hydroxylation sites is 1. The van der Waals surface area contributed by atoms with Gasteiger partial charge >= 0.3 is 0 Å². The summed E-state index contributed by atoms with van der Waals surface area (Å²) in [6, 6.07) is 6.49. The van der Waals surface area contributed by atoms with Crippen LogP contribution in [-0.2, 0) is 4.79 Å². The minimum absolute atomic E-state index is 0.169. The van der Waals surface area contributed by atoms with Crippen molar-refractivity contribution in [3.05, 3.63) is 42.5 Å². The number of carbonyl (C=O) groups is 2. The lowest BCUT2D eigenvalue weighted by Gasteiger charge is -2.08. The summed E-state index contributed by atoms with van der Waals surface area (Å²) in [5.41, 5.74) is 5.42. The highest BCUT2D eigenvalue weighted by Gasteiger charge is 2.09. The first kappa shape index (κ1) is 12.8. The second-order valence-corrected chi connectivity index (χ2v) is 3.24. The molecule has 1 aromatic carbocycles. The molecule has 1 rings (SSSR count). The summed E-state index contributed by atoms with van der Waals surface area (Å²) in [4.78, 5) is 22.3. The van der Waals surface area contributed by atoms with E-state index in [1.807, 2.05) is 0 Å². The molecule has 0 fully saturated rings.